The fourth-order valence-corrected chi connectivity index (χ4v) is 3.66. The van der Waals surface area contributed by atoms with Gasteiger partial charge in [-0.3, -0.25) is 5.73 Å². The number of hydrogen-bond donors (Lipinski definition) is 1. The van der Waals surface area contributed by atoms with Gasteiger partial charge in [0.15, 0.2) is 6.23 Å². The number of nitrogens with two attached hydrogens (primary N) is 1. The second kappa shape index (κ2) is 10.6. The van der Waals surface area contributed by atoms with Crippen molar-refractivity contribution in [2.75, 3.05) is 11.4 Å². The Morgan fingerprint density at radius 1 is 1.39 bits per heavy atom. The van der Waals surface area contributed by atoms with Crippen molar-refractivity contribution in [3.8, 4) is 0 Å². The minimum Gasteiger partial charge on any atom is -0.479 e. The Hall–Kier alpha value is -1.91. The molecule has 0 bridgehead atoms. The van der Waals surface area contributed by atoms with Crippen LogP contribution < -0.4 is 10.6 Å². The molecule has 2 N–H and O–H groups in total. The average molecular weight is 564 g/mol. The molecule has 4 nitrogen and oxygen atoms in total. The van der Waals surface area contributed by atoms with Gasteiger partial charge in [-0.1, -0.05) is 0 Å². The molecule has 0 fully saturated rings. The zero-order valence-electron chi connectivity index (χ0n) is 16.9. The summed E-state index contributed by atoms with van der Waals surface area (Å²) >= 11 is 0.421. The van der Waals surface area contributed by atoms with Crippen LogP contribution in [0.15, 0.2) is 78.1 Å². The van der Waals surface area contributed by atoms with Crippen molar-refractivity contribution in [3.05, 3.63) is 83.7 Å². The molecule has 0 saturated heterocycles. The minimum atomic E-state index is -0.106. The molecular weight excluding hydrogens is 537 g/mol. The monoisotopic (exact) mass is 565 g/mol. The number of carbonyl (C=O) groups is 1. The number of para-hydroxylation sites is 1. The van der Waals surface area contributed by atoms with Gasteiger partial charge in [0.05, 0.1) is 6.26 Å². The number of carbonyl (C=O) groups excluding carboxylic acids is 1. The van der Waals surface area contributed by atoms with E-state index in [0.717, 1.165) is 28.0 Å². The first-order valence-electron chi connectivity index (χ1n) is 9.36. The number of fused-ring (bicyclic) bond motifs is 1. The van der Waals surface area contributed by atoms with E-state index in [9.17, 15) is 4.79 Å². The topological polar surface area (TPSA) is 55.6 Å². The summed E-state index contributed by atoms with van der Waals surface area (Å²) in [6, 6.07) is 8.07. The Morgan fingerprint density at radius 3 is 2.57 bits per heavy atom. The summed E-state index contributed by atoms with van der Waals surface area (Å²) in [6.45, 7) is 10.5. The van der Waals surface area contributed by atoms with Gasteiger partial charge in [0.2, 0.25) is 0 Å². The molecule has 2 aliphatic rings. The summed E-state index contributed by atoms with van der Waals surface area (Å²) in [4.78, 5) is 14.7. The molecule has 143 valence electrons. The van der Waals surface area contributed by atoms with Crippen LogP contribution >= 0.6 is 0 Å². The second-order valence-electron chi connectivity index (χ2n) is 6.82. The predicted molar refractivity (Wildman–Crippen MR) is 112 cm³/mol. The first-order valence-corrected chi connectivity index (χ1v) is 12.5. The Balaban J connectivity index is 0.000000397. The molecule has 2 atom stereocenters. The van der Waals surface area contributed by atoms with Gasteiger partial charge >= 0.3 is 149 Å². The van der Waals surface area contributed by atoms with E-state index >= 15 is 0 Å². The number of amides is 1. The van der Waals surface area contributed by atoms with Crippen molar-refractivity contribution < 1.29 is 35.7 Å². The number of allylic oxidation sites excluding steroid dienone is 4. The van der Waals surface area contributed by atoms with Gasteiger partial charge in [0, 0.05) is 5.57 Å². The van der Waals surface area contributed by atoms with Gasteiger partial charge in [0.25, 0.3) is 0 Å². The van der Waals surface area contributed by atoms with Crippen molar-refractivity contribution in [2.24, 2.45) is 5.73 Å². The van der Waals surface area contributed by atoms with Crippen LogP contribution in [0.2, 0.25) is 3.43 Å². The largest absolute Gasteiger partial charge is 0.479 e. The molecule has 5 heteroatoms. The maximum atomic E-state index is 12.7. The standard InChI is InChI=1S/C19H20NO.C4H7NO.Hg/c1-4-9-17-14-20(19(21)6-3)18-11-8-7-10-16(18)13-12-15(17)5-2;1-3-2-6-4(3)5;/h4-13H,2,14H2,1,3H3;2,4H,5H2,1H3;/b9-4-,13-12-,17-15-;;. The van der Waals surface area contributed by atoms with Crippen LogP contribution in [0.25, 0.3) is 6.08 Å². The predicted octanol–water partition coefficient (Wildman–Crippen LogP) is 4.67. The van der Waals surface area contributed by atoms with Crippen molar-refractivity contribution in [1.82, 2.24) is 0 Å². The summed E-state index contributed by atoms with van der Waals surface area (Å²) in [7, 11) is 0. The number of anilines is 1. The van der Waals surface area contributed by atoms with Crippen LogP contribution in [0.3, 0.4) is 0 Å². The minimum absolute atomic E-state index is 0.106. The third-order valence-electron chi connectivity index (χ3n) is 4.49. The zero-order chi connectivity index (χ0) is 20.7. The zero-order valence-corrected chi connectivity index (χ0v) is 22.4. The molecule has 0 radical (unpaired) electrons. The number of ether oxygens (including phenoxy) is 1. The van der Waals surface area contributed by atoms with Crippen LogP contribution in [0.5, 0.6) is 0 Å². The molecule has 0 aromatic heterocycles. The molecule has 2 heterocycles. The molecule has 28 heavy (non-hydrogen) atoms. The molecule has 0 saturated carbocycles. The molecular formula is C23H27HgN2O2. The second-order valence-corrected chi connectivity index (χ2v) is 11.6. The fraction of sp³-hybridized carbons (Fsp3) is 0.261. The van der Waals surface area contributed by atoms with Crippen LogP contribution in [0.4, 0.5) is 5.69 Å². The maximum absolute atomic E-state index is 12.7. The van der Waals surface area contributed by atoms with E-state index in [2.05, 4.69) is 35.6 Å². The quantitative estimate of drug-likeness (QED) is 0.544. The maximum Gasteiger partial charge on any atom is 0.172 e. The van der Waals surface area contributed by atoms with Gasteiger partial charge in [-0.05, 0) is 6.92 Å². The normalized spacial score (nSPS) is 23.0. The number of rotatable bonds is 3. The van der Waals surface area contributed by atoms with E-state index in [1.807, 2.05) is 56.0 Å². The molecule has 2 unspecified atom stereocenters. The van der Waals surface area contributed by atoms with Gasteiger partial charge in [-0.2, -0.15) is 0 Å². The molecule has 1 aromatic carbocycles. The van der Waals surface area contributed by atoms with Gasteiger partial charge < -0.3 is 4.74 Å². The van der Waals surface area contributed by atoms with E-state index in [0.29, 0.717) is 32.7 Å². The van der Waals surface area contributed by atoms with Crippen LogP contribution in [-0.2, 0) is 35.7 Å². The van der Waals surface area contributed by atoms with Gasteiger partial charge in [-0.15, -0.1) is 0 Å². The Kier molecular flexibility index (Phi) is 8.46. The Bertz CT molecular complexity index is 850. The Morgan fingerprint density at radius 2 is 2.07 bits per heavy atom. The number of nitrogens with zero attached hydrogens (tertiary/aromatic N) is 1. The van der Waals surface area contributed by atoms with Gasteiger partial charge in [0.1, 0.15) is 0 Å². The molecule has 0 aliphatic carbocycles. The molecule has 1 amide bonds. The fourth-order valence-electron chi connectivity index (χ4n) is 2.80. The van der Waals surface area contributed by atoms with Gasteiger partial charge in [-0.25, -0.2) is 0 Å². The molecule has 0 spiro atoms. The van der Waals surface area contributed by atoms with Crippen LogP contribution in [0, 0.1) is 0 Å². The van der Waals surface area contributed by atoms with Crippen molar-refractivity contribution >= 4 is 17.7 Å². The van der Waals surface area contributed by atoms with Crippen molar-refractivity contribution in [3.63, 3.8) is 0 Å². The molecule has 1 aromatic rings. The SMILES string of the molecule is C=CC1=C(\C=C/C)CN(C(=O)[CH](C)[Hg])c2ccccc2/C=C\1.CC1=COC1N. The number of benzene rings is 1. The van der Waals surface area contributed by atoms with Crippen molar-refractivity contribution in [1.29, 1.82) is 0 Å². The first-order chi connectivity index (χ1) is 13.4. The summed E-state index contributed by atoms with van der Waals surface area (Å²) in [5.41, 5.74) is 10.6. The third kappa shape index (κ3) is 5.55. The van der Waals surface area contributed by atoms with Crippen LogP contribution in [0.1, 0.15) is 26.3 Å². The average Bonchev–Trinajstić information content (AvgIpc) is 2.69. The Labute approximate surface area is 184 Å². The summed E-state index contributed by atoms with van der Waals surface area (Å²) in [5, 5.41) is 0. The van der Waals surface area contributed by atoms with Crippen molar-refractivity contribution in [2.45, 2.75) is 30.4 Å². The van der Waals surface area contributed by atoms with Crippen LogP contribution in [-0.4, -0.2) is 18.7 Å². The summed E-state index contributed by atoms with van der Waals surface area (Å²) < 4.78 is 4.81. The summed E-state index contributed by atoms with van der Waals surface area (Å²) in [5.74, 6) is 0.219. The van der Waals surface area contributed by atoms with E-state index in [1.54, 1.807) is 6.26 Å². The molecule has 2 aliphatic heterocycles. The first kappa shape index (κ1) is 22.4. The molecule has 3 rings (SSSR count). The third-order valence-corrected chi connectivity index (χ3v) is 5.85. The van der Waals surface area contributed by atoms with E-state index in [1.165, 1.54) is 0 Å². The van der Waals surface area contributed by atoms with E-state index in [4.69, 9.17) is 5.73 Å². The summed E-state index contributed by atoms with van der Waals surface area (Å²) in [6.07, 6.45) is 11.6. The van der Waals surface area contributed by atoms with E-state index < -0.39 is 0 Å². The number of hydrogen-bond acceptors (Lipinski definition) is 3. The smallest absolute Gasteiger partial charge is 0.172 e. The van der Waals surface area contributed by atoms with E-state index in [-0.39, 0.29) is 15.6 Å².